The zero-order chi connectivity index (χ0) is 22.2. The van der Waals surface area contributed by atoms with E-state index in [-0.39, 0.29) is 19.0 Å². The van der Waals surface area contributed by atoms with E-state index in [9.17, 15) is 9.59 Å². The lowest BCUT2D eigenvalue weighted by Gasteiger charge is -2.11. The Labute approximate surface area is 183 Å². The van der Waals surface area contributed by atoms with Gasteiger partial charge in [-0.05, 0) is 49.4 Å². The van der Waals surface area contributed by atoms with Crippen molar-refractivity contribution in [3.8, 4) is 17.2 Å². The molecule has 8 nitrogen and oxygen atoms in total. The lowest BCUT2D eigenvalue weighted by atomic mass is 10.1. The zero-order valence-electron chi connectivity index (χ0n) is 17.3. The third-order valence-corrected chi connectivity index (χ3v) is 5.00. The minimum absolute atomic E-state index is 0.0311. The van der Waals surface area contributed by atoms with Crippen LogP contribution in [0.2, 0.25) is 0 Å². The Hall–Kier alpha value is -3.59. The summed E-state index contributed by atoms with van der Waals surface area (Å²) < 4.78 is 21.0. The number of nitrogens with one attached hydrogen (secondary N) is 1. The number of hydrogen-bond acceptors (Lipinski definition) is 9. The molecule has 0 saturated carbocycles. The highest BCUT2D eigenvalue weighted by Crippen LogP contribution is 2.28. The van der Waals surface area contributed by atoms with Crippen LogP contribution in [0.4, 0.5) is 10.8 Å². The number of ketones is 1. The predicted molar refractivity (Wildman–Crippen MR) is 117 cm³/mol. The maximum absolute atomic E-state index is 12.0. The summed E-state index contributed by atoms with van der Waals surface area (Å²) in [5.74, 6) is 0.856. The fraction of sp³-hybridized carbons (Fsp3) is 0.227. The minimum Gasteiger partial charge on any atom is -0.497 e. The van der Waals surface area contributed by atoms with Crippen molar-refractivity contribution >= 4 is 33.9 Å². The molecule has 3 rings (SSSR count). The van der Waals surface area contributed by atoms with Crippen LogP contribution in [-0.2, 0) is 16.1 Å². The van der Waals surface area contributed by atoms with Gasteiger partial charge in [-0.3, -0.25) is 4.79 Å². The van der Waals surface area contributed by atoms with E-state index in [1.54, 1.807) is 25.3 Å². The summed E-state index contributed by atoms with van der Waals surface area (Å²) in [4.78, 5) is 27.9. The monoisotopic (exact) mass is 442 g/mol. The van der Waals surface area contributed by atoms with E-state index in [1.165, 1.54) is 25.4 Å². The van der Waals surface area contributed by atoms with Gasteiger partial charge < -0.3 is 24.3 Å². The largest absolute Gasteiger partial charge is 0.497 e. The van der Waals surface area contributed by atoms with Gasteiger partial charge in [-0.2, -0.15) is 0 Å². The van der Waals surface area contributed by atoms with Gasteiger partial charge in [-0.1, -0.05) is 0 Å². The Morgan fingerprint density at radius 1 is 1.03 bits per heavy atom. The molecule has 9 heteroatoms. The number of thiazole rings is 1. The zero-order valence-corrected chi connectivity index (χ0v) is 18.2. The topological polar surface area (TPSA) is 96.0 Å². The predicted octanol–water partition coefficient (Wildman–Crippen LogP) is 4.23. The number of methoxy groups -OCH3 is 2. The first-order valence-electron chi connectivity index (χ1n) is 9.31. The molecule has 0 spiro atoms. The van der Waals surface area contributed by atoms with Crippen molar-refractivity contribution in [1.82, 2.24) is 4.98 Å². The summed E-state index contributed by atoms with van der Waals surface area (Å²) in [6.45, 7) is 1.20. The Morgan fingerprint density at radius 2 is 1.81 bits per heavy atom. The van der Waals surface area contributed by atoms with Crippen molar-refractivity contribution in [2.24, 2.45) is 0 Å². The van der Waals surface area contributed by atoms with Crippen molar-refractivity contribution in [2.45, 2.75) is 13.5 Å². The average Bonchev–Trinajstić information content (AvgIpc) is 3.23. The molecule has 162 valence electrons. The summed E-state index contributed by atoms with van der Waals surface area (Å²) in [6.07, 6.45) is 0. The third kappa shape index (κ3) is 6.19. The van der Waals surface area contributed by atoms with Crippen molar-refractivity contribution in [1.29, 1.82) is 0 Å². The van der Waals surface area contributed by atoms with Crippen molar-refractivity contribution in [3.63, 3.8) is 0 Å². The molecule has 31 heavy (non-hydrogen) atoms. The lowest BCUT2D eigenvalue weighted by molar-refractivity contribution is -0.147. The van der Waals surface area contributed by atoms with Crippen LogP contribution in [0.15, 0.2) is 47.8 Å². The number of ether oxygens (including phenoxy) is 4. The molecule has 0 radical (unpaired) electrons. The van der Waals surface area contributed by atoms with Crippen LogP contribution in [0.5, 0.6) is 17.2 Å². The van der Waals surface area contributed by atoms with Crippen LogP contribution in [0.25, 0.3) is 0 Å². The van der Waals surface area contributed by atoms with Crippen LogP contribution < -0.4 is 19.5 Å². The molecule has 0 fully saturated rings. The van der Waals surface area contributed by atoms with E-state index in [2.05, 4.69) is 10.3 Å². The second-order valence-corrected chi connectivity index (χ2v) is 7.23. The number of aromatic nitrogens is 1. The van der Waals surface area contributed by atoms with Gasteiger partial charge in [-0.15, -0.1) is 11.3 Å². The lowest BCUT2D eigenvalue weighted by Crippen LogP contribution is -2.15. The minimum atomic E-state index is -0.546. The third-order valence-electron chi connectivity index (χ3n) is 4.19. The number of benzene rings is 2. The van der Waals surface area contributed by atoms with Crippen LogP contribution >= 0.6 is 11.3 Å². The molecule has 0 saturated heterocycles. The molecule has 0 aliphatic rings. The average molecular weight is 442 g/mol. The molecule has 1 N–H and O–H groups in total. The van der Waals surface area contributed by atoms with Gasteiger partial charge in [-0.25, -0.2) is 9.78 Å². The van der Waals surface area contributed by atoms with Crippen molar-refractivity contribution < 1.29 is 28.5 Å². The maximum atomic E-state index is 12.0. The first-order valence-corrected chi connectivity index (χ1v) is 10.2. The fourth-order valence-corrected chi connectivity index (χ4v) is 3.28. The summed E-state index contributed by atoms with van der Waals surface area (Å²) in [6, 6.07) is 12.2. The smallest absolute Gasteiger partial charge is 0.344 e. The van der Waals surface area contributed by atoms with Crippen LogP contribution in [-0.4, -0.2) is 37.6 Å². The van der Waals surface area contributed by atoms with E-state index in [0.29, 0.717) is 27.9 Å². The Kier molecular flexibility index (Phi) is 7.45. The summed E-state index contributed by atoms with van der Waals surface area (Å²) >= 11 is 1.40. The molecule has 0 bridgehead atoms. The number of carbonyl (C=O) groups is 2. The summed E-state index contributed by atoms with van der Waals surface area (Å²) in [7, 11) is 3.08. The number of rotatable bonds is 10. The highest BCUT2D eigenvalue weighted by molar-refractivity contribution is 7.13. The van der Waals surface area contributed by atoms with Crippen LogP contribution in [0.3, 0.4) is 0 Å². The summed E-state index contributed by atoms with van der Waals surface area (Å²) in [5.41, 5.74) is 1.99. The Morgan fingerprint density at radius 3 is 2.48 bits per heavy atom. The first-order chi connectivity index (χ1) is 15.0. The van der Waals surface area contributed by atoms with Gasteiger partial charge in [0.1, 0.15) is 12.4 Å². The number of Topliss-reactive ketones (excluding diaryl/α,β-unsaturated/α-hetero) is 1. The summed E-state index contributed by atoms with van der Waals surface area (Å²) in [5, 5.41) is 5.68. The molecule has 0 unspecified atom stereocenters. The van der Waals surface area contributed by atoms with Gasteiger partial charge >= 0.3 is 5.97 Å². The van der Waals surface area contributed by atoms with Gasteiger partial charge in [0.25, 0.3) is 0 Å². The molecule has 2 aromatic carbocycles. The Bertz CT molecular complexity index is 1050. The number of carbonyl (C=O) groups excluding carboxylic acids is 2. The highest BCUT2D eigenvalue weighted by atomic mass is 32.1. The molecular weight excluding hydrogens is 420 g/mol. The number of esters is 1. The number of nitrogens with zero attached hydrogens (tertiary/aromatic N) is 1. The van der Waals surface area contributed by atoms with Crippen molar-refractivity contribution in [3.05, 3.63) is 59.1 Å². The molecule has 0 aliphatic heterocycles. The van der Waals surface area contributed by atoms with E-state index < -0.39 is 5.97 Å². The second kappa shape index (κ2) is 10.4. The number of anilines is 2. The Balaban J connectivity index is 1.48. The molecular formula is C22H22N2O6S. The van der Waals surface area contributed by atoms with Crippen LogP contribution in [0, 0.1) is 0 Å². The molecule has 1 aromatic heterocycles. The van der Waals surface area contributed by atoms with Gasteiger partial charge in [0.2, 0.25) is 0 Å². The standard InChI is InChI=1S/C22H22N2O6S/c1-14(25)15-4-9-19(20(10-15)28-3)29-12-21(26)30-11-17-13-31-22(24-17)23-16-5-7-18(27-2)8-6-16/h4-10,13H,11-12H2,1-3H3,(H,23,24). The van der Waals surface area contributed by atoms with Gasteiger partial charge in [0.05, 0.1) is 19.9 Å². The van der Waals surface area contributed by atoms with Gasteiger partial charge in [0.15, 0.2) is 29.0 Å². The van der Waals surface area contributed by atoms with E-state index in [4.69, 9.17) is 18.9 Å². The normalized spacial score (nSPS) is 10.3. The first kappa shape index (κ1) is 22.1. The second-order valence-electron chi connectivity index (χ2n) is 6.37. The molecule has 3 aromatic rings. The molecule has 0 aliphatic carbocycles. The highest BCUT2D eigenvalue weighted by Gasteiger charge is 2.12. The van der Waals surface area contributed by atoms with Gasteiger partial charge in [0, 0.05) is 16.6 Å². The quantitative estimate of drug-likeness (QED) is 0.368. The van der Waals surface area contributed by atoms with E-state index >= 15 is 0 Å². The number of hydrogen-bond donors (Lipinski definition) is 1. The fourth-order valence-electron chi connectivity index (χ4n) is 2.57. The molecule has 0 atom stereocenters. The van der Waals surface area contributed by atoms with E-state index in [1.807, 2.05) is 29.6 Å². The molecule has 0 amide bonds. The SMILES string of the molecule is COc1ccc(Nc2nc(COC(=O)COc3ccc(C(C)=O)cc3OC)cs2)cc1. The van der Waals surface area contributed by atoms with E-state index in [0.717, 1.165) is 11.4 Å². The molecule has 1 heterocycles. The maximum Gasteiger partial charge on any atom is 0.344 e. The van der Waals surface area contributed by atoms with Crippen molar-refractivity contribution in [2.75, 3.05) is 26.1 Å². The van der Waals surface area contributed by atoms with Crippen LogP contribution in [0.1, 0.15) is 23.0 Å².